The molecule has 3 unspecified atom stereocenters. The molecular formula is C21H26BrN4O3-. The van der Waals surface area contributed by atoms with E-state index < -0.39 is 12.1 Å². The SMILES string of the molecule is C.COCCN1C2C(=O)c3ccccc3C(=O)C2N(Cc2cnccn2)C1C.[Br-]. The van der Waals surface area contributed by atoms with Crippen molar-refractivity contribution in [3.05, 3.63) is 59.7 Å². The fraction of sp³-hybridized carbons (Fsp3) is 0.429. The molecule has 0 radical (unpaired) electrons. The van der Waals surface area contributed by atoms with Gasteiger partial charge in [0, 0.05) is 49.9 Å². The van der Waals surface area contributed by atoms with Crippen molar-refractivity contribution in [2.45, 2.75) is 39.1 Å². The number of carbonyl (C=O) groups is 2. The quantitative estimate of drug-likeness (QED) is 0.567. The standard InChI is InChI=1S/C20H22N4O3.CH4.BrH/c1-13-23(9-10-27-2)17-18(24(13)12-14-11-21-7-8-22-14)20(26)16-6-4-3-5-15(16)19(17)25;;/h3-8,11,13,17-18H,9-10,12H2,1-2H3;1H4;1H/p-1. The Kier molecular flexibility index (Phi) is 7.76. The van der Waals surface area contributed by atoms with Crippen molar-refractivity contribution in [2.24, 2.45) is 0 Å². The Hall–Kier alpha value is -2.00. The van der Waals surface area contributed by atoms with Crippen molar-refractivity contribution in [1.29, 1.82) is 0 Å². The number of aromatic nitrogens is 2. The zero-order chi connectivity index (χ0) is 19.0. The summed E-state index contributed by atoms with van der Waals surface area (Å²) in [7, 11) is 1.64. The van der Waals surface area contributed by atoms with Crippen molar-refractivity contribution in [3.8, 4) is 0 Å². The molecule has 3 atom stereocenters. The maximum absolute atomic E-state index is 13.3. The molecule has 2 aromatic rings. The number of methoxy groups -OCH3 is 1. The zero-order valence-electron chi connectivity index (χ0n) is 15.8. The Balaban J connectivity index is 0.00000150. The summed E-state index contributed by atoms with van der Waals surface area (Å²) in [5.74, 6) is -0.00865. The second-order valence-corrected chi connectivity index (χ2v) is 6.90. The van der Waals surface area contributed by atoms with Gasteiger partial charge < -0.3 is 21.7 Å². The highest BCUT2D eigenvalue weighted by Crippen LogP contribution is 2.36. The van der Waals surface area contributed by atoms with Crippen LogP contribution in [0.5, 0.6) is 0 Å². The van der Waals surface area contributed by atoms with Crippen LogP contribution in [0.1, 0.15) is 40.8 Å². The number of hydrogen-bond acceptors (Lipinski definition) is 7. The number of rotatable bonds is 5. The van der Waals surface area contributed by atoms with Gasteiger partial charge in [-0.1, -0.05) is 31.7 Å². The fourth-order valence-electron chi connectivity index (χ4n) is 4.19. The Morgan fingerprint density at radius 2 is 1.66 bits per heavy atom. The summed E-state index contributed by atoms with van der Waals surface area (Å²) in [4.78, 5) is 39.2. The van der Waals surface area contributed by atoms with Gasteiger partial charge in [0.15, 0.2) is 11.6 Å². The van der Waals surface area contributed by atoms with Gasteiger partial charge in [0.25, 0.3) is 0 Å². The number of hydrogen-bond donors (Lipinski definition) is 0. The number of ketones is 2. The molecule has 0 amide bonds. The number of carbonyl (C=O) groups excluding carboxylic acids is 2. The third-order valence-electron chi connectivity index (χ3n) is 5.48. The van der Waals surface area contributed by atoms with Crippen LogP contribution in [-0.2, 0) is 11.3 Å². The second kappa shape index (κ2) is 9.67. The molecular weight excluding hydrogens is 436 g/mol. The lowest BCUT2D eigenvalue weighted by Gasteiger charge is -2.31. The van der Waals surface area contributed by atoms with E-state index in [0.29, 0.717) is 30.8 Å². The largest absolute Gasteiger partial charge is 1.00 e. The first kappa shape index (κ1) is 23.3. The van der Waals surface area contributed by atoms with Gasteiger partial charge >= 0.3 is 0 Å². The van der Waals surface area contributed by atoms with Gasteiger partial charge in [-0.15, -0.1) is 0 Å². The molecule has 2 heterocycles. The van der Waals surface area contributed by atoms with Crippen LogP contribution in [0.25, 0.3) is 0 Å². The van der Waals surface area contributed by atoms with E-state index in [1.807, 2.05) is 6.92 Å². The molecule has 1 aliphatic carbocycles. The molecule has 1 aromatic carbocycles. The molecule has 0 saturated carbocycles. The average molecular weight is 462 g/mol. The lowest BCUT2D eigenvalue weighted by molar-refractivity contribution is -0.0000213. The molecule has 1 saturated heterocycles. The highest BCUT2D eigenvalue weighted by Gasteiger charge is 2.54. The maximum Gasteiger partial charge on any atom is 0.182 e. The molecule has 0 bridgehead atoms. The molecule has 2 aliphatic rings. The minimum absolute atomic E-state index is 0. The molecule has 7 nitrogen and oxygen atoms in total. The van der Waals surface area contributed by atoms with Crippen LogP contribution in [0.3, 0.4) is 0 Å². The van der Waals surface area contributed by atoms with Crippen LogP contribution in [0.2, 0.25) is 0 Å². The number of Topliss-reactive ketones (excluding diaryl/α,β-unsaturated/α-hetero) is 2. The number of ether oxygens (including phenoxy) is 1. The highest BCUT2D eigenvalue weighted by molar-refractivity contribution is 6.19. The number of benzene rings is 1. The van der Waals surface area contributed by atoms with E-state index in [2.05, 4.69) is 19.8 Å². The van der Waals surface area contributed by atoms with E-state index in [4.69, 9.17) is 4.74 Å². The number of fused-ring (bicyclic) bond motifs is 2. The van der Waals surface area contributed by atoms with E-state index in [1.54, 1.807) is 50.0 Å². The first-order valence-electron chi connectivity index (χ1n) is 9.06. The maximum atomic E-state index is 13.3. The zero-order valence-corrected chi connectivity index (χ0v) is 17.4. The van der Waals surface area contributed by atoms with Crippen LogP contribution >= 0.6 is 0 Å². The monoisotopic (exact) mass is 461 g/mol. The summed E-state index contributed by atoms with van der Waals surface area (Å²) >= 11 is 0. The molecule has 156 valence electrons. The molecule has 8 heteroatoms. The van der Waals surface area contributed by atoms with E-state index >= 15 is 0 Å². The summed E-state index contributed by atoms with van der Waals surface area (Å²) in [6.45, 7) is 3.56. The lowest BCUT2D eigenvalue weighted by Crippen LogP contribution is -3.00. The Labute approximate surface area is 181 Å². The van der Waals surface area contributed by atoms with Crippen molar-refractivity contribution in [1.82, 2.24) is 19.8 Å². The van der Waals surface area contributed by atoms with E-state index in [9.17, 15) is 9.59 Å². The summed E-state index contributed by atoms with van der Waals surface area (Å²) < 4.78 is 5.24. The van der Waals surface area contributed by atoms with E-state index in [-0.39, 0.29) is 42.1 Å². The van der Waals surface area contributed by atoms with Gasteiger partial charge in [0.1, 0.15) is 0 Å². The highest BCUT2D eigenvalue weighted by atomic mass is 79.9. The summed E-state index contributed by atoms with van der Waals surface area (Å²) in [6.07, 6.45) is 4.86. The molecule has 1 aliphatic heterocycles. The van der Waals surface area contributed by atoms with Crippen molar-refractivity contribution in [2.75, 3.05) is 20.3 Å². The van der Waals surface area contributed by atoms with Gasteiger partial charge in [-0.3, -0.25) is 29.4 Å². The summed E-state index contributed by atoms with van der Waals surface area (Å²) in [5.41, 5.74) is 1.80. The van der Waals surface area contributed by atoms with Crippen molar-refractivity contribution >= 4 is 11.6 Å². The minimum atomic E-state index is -0.527. The first-order chi connectivity index (χ1) is 13.1. The predicted octanol–water partition coefficient (Wildman–Crippen LogP) is -0.957. The topological polar surface area (TPSA) is 75.6 Å². The molecule has 1 fully saturated rings. The van der Waals surface area contributed by atoms with Gasteiger partial charge in [-0.2, -0.15) is 0 Å². The van der Waals surface area contributed by atoms with E-state index in [0.717, 1.165) is 5.69 Å². The van der Waals surface area contributed by atoms with Crippen LogP contribution in [-0.4, -0.2) is 69.8 Å². The van der Waals surface area contributed by atoms with Crippen LogP contribution in [0.15, 0.2) is 42.9 Å². The average Bonchev–Trinajstić information content (AvgIpc) is 2.97. The summed E-state index contributed by atoms with van der Waals surface area (Å²) in [6, 6.07) is 6.07. The Morgan fingerprint density at radius 1 is 1.03 bits per heavy atom. The predicted molar refractivity (Wildman–Crippen MR) is 105 cm³/mol. The molecule has 29 heavy (non-hydrogen) atoms. The van der Waals surface area contributed by atoms with Gasteiger partial charge in [0.05, 0.1) is 30.6 Å². The normalized spacial score (nSPS) is 23.7. The smallest absolute Gasteiger partial charge is 0.182 e. The molecule has 0 spiro atoms. The van der Waals surface area contributed by atoms with Crippen LogP contribution in [0.4, 0.5) is 0 Å². The van der Waals surface area contributed by atoms with E-state index in [1.165, 1.54) is 0 Å². The fourth-order valence-corrected chi connectivity index (χ4v) is 4.19. The minimum Gasteiger partial charge on any atom is -1.00 e. The third-order valence-corrected chi connectivity index (χ3v) is 5.48. The van der Waals surface area contributed by atoms with Gasteiger partial charge in [-0.05, 0) is 6.92 Å². The Morgan fingerprint density at radius 3 is 2.21 bits per heavy atom. The van der Waals surface area contributed by atoms with Crippen LogP contribution < -0.4 is 17.0 Å². The summed E-state index contributed by atoms with van der Waals surface area (Å²) in [5, 5.41) is 0. The van der Waals surface area contributed by atoms with Gasteiger partial charge in [-0.25, -0.2) is 0 Å². The molecule has 0 N–H and O–H groups in total. The van der Waals surface area contributed by atoms with Crippen molar-refractivity contribution < 1.29 is 31.3 Å². The lowest BCUT2D eigenvalue weighted by atomic mass is 9.82. The van der Waals surface area contributed by atoms with Crippen LogP contribution in [0, 0.1) is 0 Å². The van der Waals surface area contributed by atoms with Crippen molar-refractivity contribution in [3.63, 3.8) is 0 Å². The number of nitrogens with zero attached hydrogens (tertiary/aromatic N) is 4. The number of halogens is 1. The van der Waals surface area contributed by atoms with Gasteiger partial charge in [0.2, 0.25) is 0 Å². The Bertz CT molecular complexity index is 864. The molecule has 4 rings (SSSR count). The first-order valence-corrected chi connectivity index (χ1v) is 9.06. The third kappa shape index (κ3) is 4.02. The molecule has 1 aromatic heterocycles. The second-order valence-electron chi connectivity index (χ2n) is 6.90.